The summed E-state index contributed by atoms with van der Waals surface area (Å²) in [5.41, 5.74) is 0.172. The standard InChI is InChI=1S/C9H8N2O5S/c10-5-7-2-1-3-8(4-7)17(14,15)11-16-6-9(12)13/h1-4,11H,6H2,(H,12,13). The Morgan fingerprint density at radius 1 is 1.53 bits per heavy atom. The van der Waals surface area contributed by atoms with Gasteiger partial charge in [-0.25, -0.2) is 13.2 Å². The molecule has 1 aromatic rings. The van der Waals surface area contributed by atoms with Crippen molar-refractivity contribution in [3.05, 3.63) is 29.8 Å². The summed E-state index contributed by atoms with van der Waals surface area (Å²) in [6.07, 6.45) is 0. The van der Waals surface area contributed by atoms with Gasteiger partial charge in [0, 0.05) is 0 Å². The molecule has 0 saturated carbocycles. The molecule has 8 heteroatoms. The second kappa shape index (κ2) is 5.40. The molecule has 2 N–H and O–H groups in total. The Labute approximate surface area is 97.3 Å². The molecule has 0 fully saturated rings. The number of carboxylic acid groups (broad SMARTS) is 1. The van der Waals surface area contributed by atoms with E-state index in [1.807, 2.05) is 0 Å². The van der Waals surface area contributed by atoms with Crippen molar-refractivity contribution in [1.82, 2.24) is 4.89 Å². The average molecular weight is 256 g/mol. The molecule has 17 heavy (non-hydrogen) atoms. The summed E-state index contributed by atoms with van der Waals surface area (Å²) in [6, 6.07) is 7.02. The van der Waals surface area contributed by atoms with E-state index >= 15 is 0 Å². The molecule has 1 rings (SSSR count). The van der Waals surface area contributed by atoms with Crippen LogP contribution < -0.4 is 4.89 Å². The van der Waals surface area contributed by atoms with Crippen LogP contribution in [0.4, 0.5) is 0 Å². The molecule has 0 aliphatic rings. The number of benzene rings is 1. The first kappa shape index (κ1) is 13.1. The van der Waals surface area contributed by atoms with Gasteiger partial charge in [-0.1, -0.05) is 11.0 Å². The van der Waals surface area contributed by atoms with E-state index in [2.05, 4.69) is 4.84 Å². The van der Waals surface area contributed by atoms with Crippen LogP contribution >= 0.6 is 0 Å². The highest BCUT2D eigenvalue weighted by Gasteiger charge is 2.15. The van der Waals surface area contributed by atoms with Crippen molar-refractivity contribution in [2.75, 3.05) is 6.61 Å². The van der Waals surface area contributed by atoms with E-state index in [4.69, 9.17) is 10.4 Å². The smallest absolute Gasteiger partial charge is 0.331 e. The van der Waals surface area contributed by atoms with E-state index in [1.54, 1.807) is 11.0 Å². The summed E-state index contributed by atoms with van der Waals surface area (Å²) in [5.74, 6) is -1.31. The van der Waals surface area contributed by atoms with Crippen LogP contribution in [0.5, 0.6) is 0 Å². The van der Waals surface area contributed by atoms with Crippen LogP contribution in [0.15, 0.2) is 29.2 Å². The van der Waals surface area contributed by atoms with Gasteiger partial charge in [0.25, 0.3) is 10.0 Å². The fourth-order valence-corrected chi connectivity index (χ4v) is 1.80. The summed E-state index contributed by atoms with van der Waals surface area (Å²) in [4.78, 5) is 15.8. The second-order valence-corrected chi connectivity index (χ2v) is 4.55. The Morgan fingerprint density at radius 3 is 2.82 bits per heavy atom. The lowest BCUT2D eigenvalue weighted by molar-refractivity contribution is -0.143. The molecule has 0 atom stereocenters. The van der Waals surface area contributed by atoms with Crippen molar-refractivity contribution in [2.24, 2.45) is 0 Å². The number of hydrogen-bond acceptors (Lipinski definition) is 5. The SMILES string of the molecule is N#Cc1cccc(S(=O)(=O)NOCC(=O)O)c1. The predicted molar refractivity (Wildman–Crippen MR) is 55.1 cm³/mol. The van der Waals surface area contributed by atoms with Gasteiger partial charge in [0.2, 0.25) is 0 Å². The maximum Gasteiger partial charge on any atom is 0.331 e. The van der Waals surface area contributed by atoms with Crippen molar-refractivity contribution < 1.29 is 23.2 Å². The lowest BCUT2D eigenvalue weighted by atomic mass is 10.2. The number of sulfonamides is 1. The Kier molecular flexibility index (Phi) is 4.17. The van der Waals surface area contributed by atoms with Crippen LogP contribution in [-0.4, -0.2) is 26.1 Å². The molecule has 0 amide bonds. The monoisotopic (exact) mass is 256 g/mol. The zero-order valence-corrected chi connectivity index (χ0v) is 9.27. The fourth-order valence-electron chi connectivity index (χ4n) is 0.950. The topological polar surface area (TPSA) is 116 Å². The molecule has 0 unspecified atom stereocenters. The van der Waals surface area contributed by atoms with Crippen LogP contribution in [0.25, 0.3) is 0 Å². The zero-order valence-electron chi connectivity index (χ0n) is 8.45. The van der Waals surface area contributed by atoms with Crippen molar-refractivity contribution in [1.29, 1.82) is 5.26 Å². The molecule has 90 valence electrons. The highest BCUT2D eigenvalue weighted by Crippen LogP contribution is 2.10. The number of rotatable bonds is 5. The molecule has 0 aliphatic heterocycles. The van der Waals surface area contributed by atoms with E-state index in [-0.39, 0.29) is 10.5 Å². The van der Waals surface area contributed by atoms with Crippen molar-refractivity contribution >= 4 is 16.0 Å². The van der Waals surface area contributed by atoms with Crippen LogP contribution in [0.3, 0.4) is 0 Å². The van der Waals surface area contributed by atoms with Crippen molar-refractivity contribution in [3.63, 3.8) is 0 Å². The number of carbonyl (C=O) groups is 1. The molecular formula is C9H8N2O5S. The molecule has 0 spiro atoms. The Hall–Kier alpha value is -1.95. The van der Waals surface area contributed by atoms with E-state index in [9.17, 15) is 13.2 Å². The molecule has 0 heterocycles. The van der Waals surface area contributed by atoms with Crippen molar-refractivity contribution in [3.8, 4) is 6.07 Å². The summed E-state index contributed by atoms with van der Waals surface area (Å²) in [7, 11) is -3.98. The van der Waals surface area contributed by atoms with Crippen LogP contribution in [0.1, 0.15) is 5.56 Å². The number of aliphatic carboxylic acids is 1. The van der Waals surface area contributed by atoms with Gasteiger partial charge >= 0.3 is 5.97 Å². The zero-order chi connectivity index (χ0) is 12.9. The highest BCUT2D eigenvalue weighted by atomic mass is 32.2. The summed E-state index contributed by atoms with van der Waals surface area (Å²) < 4.78 is 23.1. The molecule has 0 aliphatic carbocycles. The molecule has 0 aromatic heterocycles. The number of nitrogens with zero attached hydrogens (tertiary/aromatic N) is 1. The lowest BCUT2D eigenvalue weighted by Crippen LogP contribution is -2.26. The summed E-state index contributed by atoms with van der Waals surface area (Å²) in [6.45, 7) is -0.794. The average Bonchev–Trinajstić information content (AvgIpc) is 2.28. The third kappa shape index (κ3) is 3.84. The van der Waals surface area contributed by atoms with Gasteiger partial charge in [-0.15, -0.1) is 0 Å². The molecule has 0 saturated heterocycles. The third-order valence-electron chi connectivity index (χ3n) is 1.64. The molecular weight excluding hydrogens is 248 g/mol. The van der Waals surface area contributed by atoms with Crippen LogP contribution in [0, 0.1) is 11.3 Å². The predicted octanol–water partition coefficient (Wildman–Crippen LogP) is -0.147. The van der Waals surface area contributed by atoms with Gasteiger partial charge in [0.05, 0.1) is 16.5 Å². The second-order valence-electron chi connectivity index (χ2n) is 2.91. The Bertz CT molecular complexity index is 561. The number of carboxylic acids is 1. The van der Waals surface area contributed by atoms with Gasteiger partial charge in [-0.3, -0.25) is 4.84 Å². The number of nitriles is 1. The van der Waals surface area contributed by atoms with Crippen LogP contribution in [0.2, 0.25) is 0 Å². The Morgan fingerprint density at radius 2 is 2.24 bits per heavy atom. The van der Waals surface area contributed by atoms with E-state index in [1.165, 1.54) is 18.2 Å². The maximum absolute atomic E-state index is 11.5. The van der Waals surface area contributed by atoms with E-state index < -0.39 is 22.6 Å². The molecule has 0 bridgehead atoms. The lowest BCUT2D eigenvalue weighted by Gasteiger charge is -2.05. The third-order valence-corrected chi connectivity index (χ3v) is 2.85. The molecule has 7 nitrogen and oxygen atoms in total. The minimum Gasteiger partial charge on any atom is -0.479 e. The maximum atomic E-state index is 11.5. The molecule has 0 radical (unpaired) electrons. The van der Waals surface area contributed by atoms with Gasteiger partial charge < -0.3 is 5.11 Å². The van der Waals surface area contributed by atoms with Gasteiger partial charge in [-0.05, 0) is 18.2 Å². The van der Waals surface area contributed by atoms with Crippen molar-refractivity contribution in [2.45, 2.75) is 4.90 Å². The molecule has 1 aromatic carbocycles. The summed E-state index contributed by atoms with van der Waals surface area (Å²) >= 11 is 0. The van der Waals surface area contributed by atoms with Gasteiger partial charge in [0.15, 0.2) is 6.61 Å². The first-order valence-corrected chi connectivity index (χ1v) is 5.79. The Balaban J connectivity index is 2.83. The fraction of sp³-hybridized carbons (Fsp3) is 0.111. The normalized spacial score (nSPS) is 10.8. The van der Waals surface area contributed by atoms with Gasteiger partial charge in [0.1, 0.15) is 0 Å². The number of nitrogens with one attached hydrogen (secondary N) is 1. The largest absolute Gasteiger partial charge is 0.479 e. The van der Waals surface area contributed by atoms with E-state index in [0.717, 1.165) is 6.07 Å². The minimum absolute atomic E-state index is 0.172. The quantitative estimate of drug-likeness (QED) is 0.708. The minimum atomic E-state index is -3.98. The van der Waals surface area contributed by atoms with E-state index in [0.29, 0.717) is 0 Å². The van der Waals surface area contributed by atoms with Gasteiger partial charge in [-0.2, -0.15) is 5.26 Å². The number of hydrogen-bond donors (Lipinski definition) is 2. The van der Waals surface area contributed by atoms with Crippen LogP contribution in [-0.2, 0) is 19.7 Å². The first-order valence-electron chi connectivity index (χ1n) is 4.31. The highest BCUT2D eigenvalue weighted by molar-refractivity contribution is 7.89. The summed E-state index contributed by atoms with van der Waals surface area (Å²) in [5, 5.41) is 16.9. The first-order chi connectivity index (χ1) is 7.95.